The molecule has 1 aliphatic rings. The molecule has 0 saturated heterocycles. The van der Waals surface area contributed by atoms with Crippen LogP contribution < -0.4 is 5.32 Å². The summed E-state index contributed by atoms with van der Waals surface area (Å²) in [6, 6.07) is 0.600. The van der Waals surface area contributed by atoms with Crippen molar-refractivity contribution in [3.8, 4) is 0 Å². The summed E-state index contributed by atoms with van der Waals surface area (Å²) in [6.07, 6.45) is 5.00. The van der Waals surface area contributed by atoms with E-state index in [1.54, 1.807) is 0 Å². The fraction of sp³-hybridized carbons (Fsp3) is 1.00. The van der Waals surface area contributed by atoms with Crippen molar-refractivity contribution in [1.82, 2.24) is 5.32 Å². The van der Waals surface area contributed by atoms with E-state index in [4.69, 9.17) is 9.84 Å². The van der Waals surface area contributed by atoms with Gasteiger partial charge in [-0.1, -0.05) is 20.8 Å². The molecule has 4 atom stereocenters. The van der Waals surface area contributed by atoms with Crippen LogP contribution in [-0.4, -0.2) is 37.0 Å². The summed E-state index contributed by atoms with van der Waals surface area (Å²) in [5, 5.41) is 12.6. The normalized spacial score (nSPS) is 33.2. The summed E-state index contributed by atoms with van der Waals surface area (Å²) in [7, 11) is 0. The van der Waals surface area contributed by atoms with Gasteiger partial charge in [-0.25, -0.2) is 0 Å². The highest BCUT2D eigenvalue weighted by Crippen LogP contribution is 2.45. The van der Waals surface area contributed by atoms with Gasteiger partial charge in [-0.15, -0.1) is 0 Å². The minimum absolute atomic E-state index is 0.304. The van der Waals surface area contributed by atoms with Crippen molar-refractivity contribution in [2.45, 2.75) is 65.5 Å². The van der Waals surface area contributed by atoms with E-state index in [0.29, 0.717) is 30.1 Å². The van der Waals surface area contributed by atoms with Crippen molar-refractivity contribution in [2.24, 2.45) is 11.3 Å². The van der Waals surface area contributed by atoms with Crippen LogP contribution in [0.1, 0.15) is 53.4 Å². The zero-order valence-corrected chi connectivity index (χ0v) is 12.5. The molecule has 0 aromatic rings. The van der Waals surface area contributed by atoms with Gasteiger partial charge in [0.15, 0.2) is 0 Å². The van der Waals surface area contributed by atoms with Gasteiger partial charge in [0, 0.05) is 24.7 Å². The first-order chi connectivity index (χ1) is 8.58. The van der Waals surface area contributed by atoms with Crippen LogP contribution in [0.3, 0.4) is 0 Å². The Balaban J connectivity index is 2.23. The molecule has 2 N–H and O–H groups in total. The Morgan fingerprint density at radius 3 is 2.72 bits per heavy atom. The first kappa shape index (κ1) is 15.9. The molecular formula is C15H31NO2. The molecule has 0 aliphatic heterocycles. The summed E-state index contributed by atoms with van der Waals surface area (Å²) in [5.41, 5.74) is 0.304. The highest BCUT2D eigenvalue weighted by atomic mass is 16.5. The third-order valence-electron chi connectivity index (χ3n) is 4.69. The Kier molecular flexibility index (Phi) is 6.61. The molecule has 0 heterocycles. The van der Waals surface area contributed by atoms with Crippen LogP contribution in [0.2, 0.25) is 0 Å². The zero-order chi connectivity index (χ0) is 13.6. The lowest BCUT2D eigenvalue weighted by Gasteiger charge is -2.53. The van der Waals surface area contributed by atoms with Gasteiger partial charge in [-0.3, -0.25) is 0 Å². The summed E-state index contributed by atoms with van der Waals surface area (Å²) in [4.78, 5) is 0. The second-order valence-electron chi connectivity index (χ2n) is 5.98. The molecule has 0 aromatic heterocycles. The molecule has 1 rings (SSSR count). The van der Waals surface area contributed by atoms with E-state index in [0.717, 1.165) is 32.4 Å². The molecule has 3 heteroatoms. The minimum atomic E-state index is 0.304. The maximum Gasteiger partial charge on any atom is 0.0658 e. The van der Waals surface area contributed by atoms with E-state index in [9.17, 15) is 0 Å². The van der Waals surface area contributed by atoms with Gasteiger partial charge in [-0.2, -0.15) is 0 Å². The molecule has 1 aliphatic carbocycles. The number of rotatable bonds is 9. The fourth-order valence-corrected chi connectivity index (χ4v) is 2.88. The Labute approximate surface area is 112 Å². The Morgan fingerprint density at radius 1 is 1.44 bits per heavy atom. The van der Waals surface area contributed by atoms with E-state index in [-0.39, 0.29) is 0 Å². The molecule has 1 fully saturated rings. The molecule has 4 unspecified atom stereocenters. The van der Waals surface area contributed by atoms with Gasteiger partial charge < -0.3 is 15.2 Å². The first-order valence-electron chi connectivity index (χ1n) is 7.54. The molecular weight excluding hydrogens is 226 g/mol. The number of aliphatic hydroxyl groups excluding tert-OH is 1. The van der Waals surface area contributed by atoms with Gasteiger partial charge in [0.05, 0.1) is 6.10 Å². The third-order valence-corrected chi connectivity index (χ3v) is 4.69. The van der Waals surface area contributed by atoms with Gasteiger partial charge >= 0.3 is 0 Å². The number of hydrogen-bond donors (Lipinski definition) is 2. The molecule has 0 amide bonds. The highest BCUT2D eigenvalue weighted by molar-refractivity contribution is 5.04. The second-order valence-corrected chi connectivity index (χ2v) is 5.98. The number of aliphatic hydroxyl groups is 1. The monoisotopic (exact) mass is 257 g/mol. The van der Waals surface area contributed by atoms with Gasteiger partial charge in [0.25, 0.3) is 0 Å². The van der Waals surface area contributed by atoms with Crippen LogP contribution in [0, 0.1) is 11.3 Å². The van der Waals surface area contributed by atoms with Crippen molar-refractivity contribution < 1.29 is 9.84 Å². The minimum Gasteiger partial charge on any atom is -0.396 e. The van der Waals surface area contributed by atoms with E-state index < -0.39 is 0 Å². The molecule has 108 valence electrons. The van der Waals surface area contributed by atoms with Crippen LogP contribution in [0.15, 0.2) is 0 Å². The van der Waals surface area contributed by atoms with Crippen molar-refractivity contribution >= 4 is 0 Å². The Bertz CT molecular complexity index is 235. The first-order valence-corrected chi connectivity index (χ1v) is 7.54. The highest BCUT2D eigenvalue weighted by Gasteiger charge is 2.50. The molecule has 3 nitrogen and oxygen atoms in total. The molecule has 1 saturated carbocycles. The summed E-state index contributed by atoms with van der Waals surface area (Å²) >= 11 is 0. The third kappa shape index (κ3) is 3.69. The van der Waals surface area contributed by atoms with Crippen LogP contribution in [0.4, 0.5) is 0 Å². The SMILES string of the molecule is CCOC1CC(NCCCC(C)CO)C1(C)CC. The topological polar surface area (TPSA) is 41.5 Å². The van der Waals surface area contributed by atoms with Crippen LogP contribution in [-0.2, 0) is 4.74 Å². The summed E-state index contributed by atoms with van der Waals surface area (Å²) < 4.78 is 5.80. The predicted octanol–water partition coefficient (Wildman–Crippen LogP) is 2.58. The van der Waals surface area contributed by atoms with E-state index in [2.05, 4.69) is 33.0 Å². The smallest absolute Gasteiger partial charge is 0.0658 e. The van der Waals surface area contributed by atoms with E-state index >= 15 is 0 Å². The largest absolute Gasteiger partial charge is 0.396 e. The van der Waals surface area contributed by atoms with Gasteiger partial charge in [0.2, 0.25) is 0 Å². The summed E-state index contributed by atoms with van der Waals surface area (Å²) in [5.74, 6) is 0.432. The molecule has 0 radical (unpaired) electrons. The van der Waals surface area contributed by atoms with Crippen molar-refractivity contribution in [3.05, 3.63) is 0 Å². The lowest BCUT2D eigenvalue weighted by Crippen LogP contribution is -2.62. The van der Waals surface area contributed by atoms with Crippen LogP contribution in [0.5, 0.6) is 0 Å². The molecule has 18 heavy (non-hydrogen) atoms. The lowest BCUT2D eigenvalue weighted by atomic mass is 9.61. The maximum absolute atomic E-state index is 8.98. The van der Waals surface area contributed by atoms with Crippen molar-refractivity contribution in [2.75, 3.05) is 19.8 Å². The Hall–Kier alpha value is -0.120. The molecule has 0 spiro atoms. The second kappa shape index (κ2) is 7.46. The average molecular weight is 257 g/mol. The van der Waals surface area contributed by atoms with Crippen LogP contribution >= 0.6 is 0 Å². The fourth-order valence-electron chi connectivity index (χ4n) is 2.88. The zero-order valence-electron chi connectivity index (χ0n) is 12.5. The number of ether oxygens (including phenoxy) is 1. The number of nitrogens with one attached hydrogen (secondary N) is 1. The quantitative estimate of drug-likeness (QED) is 0.624. The lowest BCUT2D eigenvalue weighted by molar-refractivity contribution is -0.125. The van der Waals surface area contributed by atoms with Crippen molar-refractivity contribution in [1.29, 1.82) is 0 Å². The van der Waals surface area contributed by atoms with Gasteiger partial charge in [-0.05, 0) is 45.1 Å². The standard InChI is InChI=1S/C15H31NO2/c1-5-15(4)13(10-14(15)18-6-2)16-9-7-8-12(3)11-17/h12-14,16-17H,5-11H2,1-4H3. The van der Waals surface area contributed by atoms with Crippen LogP contribution in [0.25, 0.3) is 0 Å². The van der Waals surface area contributed by atoms with Gasteiger partial charge in [0.1, 0.15) is 0 Å². The maximum atomic E-state index is 8.98. The summed E-state index contributed by atoms with van der Waals surface area (Å²) in [6.45, 7) is 11.0. The van der Waals surface area contributed by atoms with E-state index in [1.165, 1.54) is 6.42 Å². The average Bonchev–Trinajstić information content (AvgIpc) is 2.39. The number of hydrogen-bond acceptors (Lipinski definition) is 3. The van der Waals surface area contributed by atoms with E-state index in [1.807, 2.05) is 0 Å². The predicted molar refractivity (Wildman–Crippen MR) is 75.7 cm³/mol. The Morgan fingerprint density at radius 2 is 2.17 bits per heavy atom. The molecule has 0 bridgehead atoms. The molecule has 0 aromatic carbocycles. The van der Waals surface area contributed by atoms with Crippen molar-refractivity contribution in [3.63, 3.8) is 0 Å².